The number of aryl methyl sites for hydroxylation is 1. The molecule has 4 rings (SSSR count). The number of ether oxygens (including phenoxy) is 1. The summed E-state index contributed by atoms with van der Waals surface area (Å²) in [7, 11) is -0.425. The van der Waals surface area contributed by atoms with Gasteiger partial charge in [0.2, 0.25) is 0 Å². The van der Waals surface area contributed by atoms with E-state index in [0.29, 0.717) is 10.9 Å². The highest BCUT2D eigenvalue weighted by Crippen LogP contribution is 2.32. The molecule has 0 saturated carbocycles. The first-order valence-corrected chi connectivity index (χ1v) is 11.7. The standard InChI is InChI=1S/C22H25N3O7S/c1-13-11-25(22(28)23-21(13)27)20-10-17(26)18(32-20)12-31-33(29,30)19-9-5-6-14-15(19)7-4-8-16(14)24(2)3/h4-9,11,17-18,20,26H,10,12H2,1-3H3,(H,23,27,28)/t17-,18+,20+/m0/s1. The zero-order valence-corrected chi connectivity index (χ0v) is 19.2. The predicted molar refractivity (Wildman–Crippen MR) is 122 cm³/mol. The lowest BCUT2D eigenvalue weighted by atomic mass is 10.1. The normalized spacial score (nSPS) is 20.9. The number of anilines is 1. The fourth-order valence-electron chi connectivity index (χ4n) is 3.93. The van der Waals surface area contributed by atoms with Crippen LogP contribution in [-0.2, 0) is 19.0 Å². The van der Waals surface area contributed by atoms with E-state index in [1.54, 1.807) is 25.1 Å². The Hall–Kier alpha value is -2.99. The van der Waals surface area contributed by atoms with Gasteiger partial charge < -0.3 is 14.7 Å². The van der Waals surface area contributed by atoms with E-state index in [-0.39, 0.29) is 11.3 Å². The van der Waals surface area contributed by atoms with Crippen molar-refractivity contribution in [3.05, 3.63) is 69.0 Å². The van der Waals surface area contributed by atoms with Gasteiger partial charge in [-0.3, -0.25) is 18.5 Å². The lowest BCUT2D eigenvalue weighted by molar-refractivity contribution is -0.0400. The smallest absolute Gasteiger partial charge is 0.330 e. The Morgan fingerprint density at radius 1 is 1.18 bits per heavy atom. The van der Waals surface area contributed by atoms with Gasteiger partial charge in [-0.2, -0.15) is 8.42 Å². The van der Waals surface area contributed by atoms with Gasteiger partial charge in [0.25, 0.3) is 15.7 Å². The molecule has 0 aliphatic carbocycles. The Bertz CT molecular complexity index is 1410. The van der Waals surface area contributed by atoms with Gasteiger partial charge in [0.15, 0.2) is 0 Å². The molecule has 0 bridgehead atoms. The molecule has 33 heavy (non-hydrogen) atoms. The second kappa shape index (κ2) is 8.75. The summed E-state index contributed by atoms with van der Waals surface area (Å²) < 4.78 is 38.2. The number of rotatable bonds is 6. The summed E-state index contributed by atoms with van der Waals surface area (Å²) in [6.45, 7) is 1.11. The van der Waals surface area contributed by atoms with Crippen LogP contribution in [0.1, 0.15) is 18.2 Å². The number of aliphatic hydroxyl groups excluding tert-OH is 1. The van der Waals surface area contributed by atoms with Crippen molar-refractivity contribution in [2.45, 2.75) is 36.7 Å². The van der Waals surface area contributed by atoms with Crippen molar-refractivity contribution in [3.63, 3.8) is 0 Å². The van der Waals surface area contributed by atoms with Gasteiger partial charge in [-0.15, -0.1) is 0 Å². The molecule has 2 N–H and O–H groups in total. The quantitative estimate of drug-likeness (QED) is 0.507. The Morgan fingerprint density at radius 3 is 2.61 bits per heavy atom. The lowest BCUT2D eigenvalue weighted by Gasteiger charge is -2.18. The highest BCUT2D eigenvalue weighted by molar-refractivity contribution is 7.87. The van der Waals surface area contributed by atoms with Crippen LogP contribution in [0.15, 0.2) is 57.1 Å². The van der Waals surface area contributed by atoms with Crippen LogP contribution in [-0.4, -0.2) is 56.0 Å². The Kier molecular flexibility index (Phi) is 6.14. The summed E-state index contributed by atoms with van der Waals surface area (Å²) in [5, 5.41) is 11.7. The molecule has 1 aliphatic heterocycles. The Morgan fingerprint density at radius 2 is 1.88 bits per heavy atom. The number of fused-ring (bicyclic) bond motifs is 1. The van der Waals surface area contributed by atoms with Crippen molar-refractivity contribution >= 4 is 26.6 Å². The topological polar surface area (TPSA) is 131 Å². The van der Waals surface area contributed by atoms with E-state index in [9.17, 15) is 23.1 Å². The second-order valence-corrected chi connectivity index (χ2v) is 9.76. The zero-order valence-electron chi connectivity index (χ0n) is 18.4. The maximum Gasteiger partial charge on any atom is 0.330 e. The Labute approximate surface area is 190 Å². The third kappa shape index (κ3) is 4.44. The van der Waals surface area contributed by atoms with Crippen LogP contribution in [0.3, 0.4) is 0 Å². The van der Waals surface area contributed by atoms with E-state index in [4.69, 9.17) is 8.92 Å². The molecule has 0 radical (unpaired) electrons. The molecule has 10 nitrogen and oxygen atoms in total. The first-order valence-electron chi connectivity index (χ1n) is 10.3. The lowest BCUT2D eigenvalue weighted by Crippen LogP contribution is -2.33. The van der Waals surface area contributed by atoms with Crippen LogP contribution in [0.2, 0.25) is 0 Å². The molecule has 11 heteroatoms. The number of benzene rings is 2. The fourth-order valence-corrected chi connectivity index (χ4v) is 5.06. The molecular formula is C22H25N3O7S. The average Bonchev–Trinajstić information content (AvgIpc) is 3.14. The van der Waals surface area contributed by atoms with Crippen LogP contribution in [0.5, 0.6) is 0 Å². The van der Waals surface area contributed by atoms with Crippen molar-refractivity contribution in [3.8, 4) is 0 Å². The van der Waals surface area contributed by atoms with Gasteiger partial charge in [-0.25, -0.2) is 4.79 Å². The van der Waals surface area contributed by atoms with Gasteiger partial charge in [-0.1, -0.05) is 24.3 Å². The molecule has 1 aliphatic rings. The summed E-state index contributed by atoms with van der Waals surface area (Å²) in [5.74, 6) is 0. The number of nitrogens with one attached hydrogen (secondary N) is 1. The van der Waals surface area contributed by atoms with Crippen molar-refractivity contribution in [1.29, 1.82) is 0 Å². The van der Waals surface area contributed by atoms with E-state index >= 15 is 0 Å². The molecule has 3 aromatic rings. The maximum atomic E-state index is 13.0. The molecule has 176 valence electrons. The molecule has 3 atom stereocenters. The SMILES string of the molecule is Cc1cn([C@H]2C[C@H](O)[C@@H](COS(=O)(=O)c3cccc4c(N(C)C)cccc34)O2)c(=O)[nH]c1=O. The minimum atomic E-state index is -4.17. The minimum absolute atomic E-state index is 0.0141. The summed E-state index contributed by atoms with van der Waals surface area (Å²) >= 11 is 0. The predicted octanol–water partition coefficient (Wildman–Crippen LogP) is 1.12. The van der Waals surface area contributed by atoms with Crippen LogP contribution in [0, 0.1) is 6.92 Å². The molecule has 0 spiro atoms. The van der Waals surface area contributed by atoms with Gasteiger partial charge in [0, 0.05) is 48.7 Å². The molecule has 1 saturated heterocycles. The monoisotopic (exact) mass is 475 g/mol. The van der Waals surface area contributed by atoms with E-state index in [1.807, 2.05) is 31.1 Å². The number of aromatic amines is 1. The Balaban J connectivity index is 1.55. The molecule has 1 fully saturated rings. The third-order valence-electron chi connectivity index (χ3n) is 5.66. The van der Waals surface area contributed by atoms with E-state index in [0.717, 1.165) is 11.1 Å². The van der Waals surface area contributed by atoms with Gasteiger partial charge in [0.05, 0.1) is 12.7 Å². The van der Waals surface area contributed by atoms with E-state index in [2.05, 4.69) is 4.98 Å². The average molecular weight is 476 g/mol. The van der Waals surface area contributed by atoms with Gasteiger partial charge in [0.1, 0.15) is 17.2 Å². The molecule has 0 unspecified atom stereocenters. The van der Waals surface area contributed by atoms with Crippen molar-refractivity contribution in [2.75, 3.05) is 25.6 Å². The summed E-state index contributed by atoms with van der Waals surface area (Å²) in [6.07, 6.45) is -1.51. The number of hydrogen-bond acceptors (Lipinski definition) is 8. The summed E-state index contributed by atoms with van der Waals surface area (Å²) in [6, 6.07) is 10.3. The number of aromatic nitrogens is 2. The number of hydrogen-bond donors (Lipinski definition) is 2. The second-order valence-electron chi connectivity index (χ2n) is 8.17. The summed E-state index contributed by atoms with van der Waals surface area (Å²) in [5.41, 5.74) is -0.00989. The van der Waals surface area contributed by atoms with Crippen LogP contribution < -0.4 is 16.1 Å². The van der Waals surface area contributed by atoms with Crippen molar-refractivity contribution < 1.29 is 22.4 Å². The molecule has 1 aromatic heterocycles. The van der Waals surface area contributed by atoms with Crippen LogP contribution in [0.4, 0.5) is 5.69 Å². The number of aliphatic hydroxyl groups is 1. The third-order valence-corrected chi connectivity index (χ3v) is 7.00. The molecule has 0 amide bonds. The highest BCUT2D eigenvalue weighted by Gasteiger charge is 2.37. The first kappa shape index (κ1) is 23.2. The highest BCUT2D eigenvalue weighted by atomic mass is 32.2. The van der Waals surface area contributed by atoms with Crippen LogP contribution >= 0.6 is 0 Å². The van der Waals surface area contributed by atoms with Crippen molar-refractivity contribution in [2.24, 2.45) is 0 Å². The number of H-pyrrole nitrogens is 1. The minimum Gasteiger partial charge on any atom is -0.390 e. The molecule has 2 heterocycles. The van der Waals surface area contributed by atoms with E-state index in [1.165, 1.54) is 16.8 Å². The van der Waals surface area contributed by atoms with Gasteiger partial charge in [-0.05, 0) is 19.1 Å². The maximum absolute atomic E-state index is 13.0. The van der Waals surface area contributed by atoms with Gasteiger partial charge >= 0.3 is 5.69 Å². The zero-order chi connectivity index (χ0) is 23.9. The largest absolute Gasteiger partial charge is 0.390 e. The fraction of sp³-hybridized carbons (Fsp3) is 0.364. The summed E-state index contributed by atoms with van der Waals surface area (Å²) in [4.78, 5) is 27.8. The first-order chi connectivity index (χ1) is 15.6. The van der Waals surface area contributed by atoms with Crippen LogP contribution in [0.25, 0.3) is 10.8 Å². The van der Waals surface area contributed by atoms with Crippen molar-refractivity contribution in [1.82, 2.24) is 9.55 Å². The number of nitrogens with zero attached hydrogens (tertiary/aromatic N) is 2. The van der Waals surface area contributed by atoms with E-state index < -0.39 is 46.4 Å². The molecular weight excluding hydrogens is 450 g/mol. The molecule has 2 aromatic carbocycles.